The number of halogens is 2. The van der Waals surface area contributed by atoms with Crippen LogP contribution in [0.25, 0.3) is 0 Å². The molecule has 0 radical (unpaired) electrons. The molecule has 3 rings (SSSR count). The van der Waals surface area contributed by atoms with E-state index >= 15 is 0 Å². The van der Waals surface area contributed by atoms with E-state index < -0.39 is 0 Å². The van der Waals surface area contributed by atoms with Crippen LogP contribution >= 0.6 is 23.2 Å². The van der Waals surface area contributed by atoms with Crippen LogP contribution in [0.1, 0.15) is 18.4 Å². The van der Waals surface area contributed by atoms with E-state index in [1.54, 1.807) is 11.0 Å². The first kappa shape index (κ1) is 18.2. The number of carbonyl (C=O) groups is 3. The Balaban J connectivity index is 1.50. The Kier molecular flexibility index (Phi) is 5.61. The Morgan fingerprint density at radius 1 is 1.00 bits per heavy atom. The van der Waals surface area contributed by atoms with Gasteiger partial charge in [-0.3, -0.25) is 24.2 Å². The topological polar surface area (TPSA) is 60.9 Å². The quantitative estimate of drug-likeness (QED) is 0.743. The number of likely N-dealkylation sites (tertiary alicyclic amines) is 1. The van der Waals surface area contributed by atoms with Gasteiger partial charge in [-0.15, -0.1) is 0 Å². The fourth-order valence-corrected chi connectivity index (χ4v) is 3.55. The predicted molar refractivity (Wildman–Crippen MR) is 94.3 cm³/mol. The molecule has 0 bridgehead atoms. The number of carbonyl (C=O) groups excluding carboxylic acids is 3. The molecule has 0 unspecified atom stereocenters. The van der Waals surface area contributed by atoms with Crippen LogP contribution in [0, 0.1) is 0 Å². The molecule has 1 aromatic carbocycles. The van der Waals surface area contributed by atoms with Crippen molar-refractivity contribution < 1.29 is 14.4 Å². The molecule has 2 saturated heterocycles. The van der Waals surface area contributed by atoms with Gasteiger partial charge in [-0.2, -0.15) is 0 Å². The molecule has 2 aliphatic heterocycles. The summed E-state index contributed by atoms with van der Waals surface area (Å²) in [6, 6.07) is 5.45. The summed E-state index contributed by atoms with van der Waals surface area (Å²) in [5.41, 5.74) is 0.999. The minimum atomic E-state index is -0.255. The number of piperazine rings is 1. The molecule has 6 nitrogen and oxygen atoms in total. The van der Waals surface area contributed by atoms with Crippen molar-refractivity contribution in [2.45, 2.75) is 19.4 Å². The Hall–Kier alpha value is -1.63. The van der Waals surface area contributed by atoms with E-state index in [-0.39, 0.29) is 37.1 Å². The molecule has 0 N–H and O–H groups in total. The fraction of sp³-hybridized carbons (Fsp3) is 0.471. The van der Waals surface area contributed by atoms with Crippen molar-refractivity contribution in [1.29, 1.82) is 0 Å². The van der Waals surface area contributed by atoms with E-state index in [0.29, 0.717) is 42.8 Å². The van der Waals surface area contributed by atoms with Gasteiger partial charge in [-0.25, -0.2) is 0 Å². The first-order valence-corrected chi connectivity index (χ1v) is 8.97. The van der Waals surface area contributed by atoms with Gasteiger partial charge in [-0.1, -0.05) is 29.3 Å². The van der Waals surface area contributed by atoms with Crippen LogP contribution in [-0.2, 0) is 20.9 Å². The van der Waals surface area contributed by atoms with Crippen molar-refractivity contribution in [2.24, 2.45) is 0 Å². The van der Waals surface area contributed by atoms with Crippen LogP contribution < -0.4 is 0 Å². The Morgan fingerprint density at radius 3 is 2.24 bits per heavy atom. The van der Waals surface area contributed by atoms with Gasteiger partial charge in [0.1, 0.15) is 6.54 Å². The molecule has 2 fully saturated rings. The van der Waals surface area contributed by atoms with Gasteiger partial charge in [0, 0.05) is 55.6 Å². The number of rotatable bonds is 4. The number of nitrogens with zero attached hydrogens (tertiary/aromatic N) is 3. The smallest absolute Gasteiger partial charge is 0.242 e. The second kappa shape index (κ2) is 7.72. The SMILES string of the molecule is O=C(CN1C(=O)CCC1=O)N1CCN(Cc2ccc(Cl)cc2Cl)CC1. The maximum atomic E-state index is 12.3. The van der Waals surface area contributed by atoms with Crippen molar-refractivity contribution in [1.82, 2.24) is 14.7 Å². The largest absolute Gasteiger partial charge is 0.339 e. The number of benzene rings is 1. The molecule has 25 heavy (non-hydrogen) atoms. The van der Waals surface area contributed by atoms with Crippen LogP contribution in [0.5, 0.6) is 0 Å². The van der Waals surface area contributed by atoms with Gasteiger partial charge in [0.15, 0.2) is 0 Å². The summed E-state index contributed by atoms with van der Waals surface area (Å²) < 4.78 is 0. The van der Waals surface area contributed by atoms with Crippen molar-refractivity contribution in [2.75, 3.05) is 32.7 Å². The highest BCUT2D eigenvalue weighted by Crippen LogP contribution is 2.22. The van der Waals surface area contributed by atoms with Gasteiger partial charge < -0.3 is 4.90 Å². The molecule has 2 heterocycles. The number of hydrogen-bond donors (Lipinski definition) is 0. The molecular weight excluding hydrogens is 365 g/mol. The molecule has 3 amide bonds. The van der Waals surface area contributed by atoms with Crippen molar-refractivity contribution >= 4 is 40.9 Å². The maximum Gasteiger partial charge on any atom is 0.242 e. The highest BCUT2D eigenvalue weighted by atomic mass is 35.5. The monoisotopic (exact) mass is 383 g/mol. The van der Waals surface area contributed by atoms with Crippen molar-refractivity contribution in [3.8, 4) is 0 Å². The van der Waals surface area contributed by atoms with Gasteiger partial charge in [0.2, 0.25) is 17.7 Å². The standard InChI is InChI=1S/C17H19Cl2N3O3/c18-13-2-1-12(14(19)9-13)10-20-5-7-21(8-6-20)17(25)11-22-15(23)3-4-16(22)24/h1-2,9H,3-8,10-11H2. The minimum absolute atomic E-state index is 0.138. The zero-order valence-corrected chi connectivity index (χ0v) is 15.2. The summed E-state index contributed by atoms with van der Waals surface area (Å²) in [6.45, 7) is 3.13. The zero-order chi connectivity index (χ0) is 18.0. The molecule has 2 aliphatic rings. The Labute approximate surface area is 156 Å². The third-order valence-corrected chi connectivity index (χ3v) is 5.17. The van der Waals surface area contributed by atoms with Crippen LogP contribution in [0.2, 0.25) is 10.0 Å². The van der Waals surface area contributed by atoms with E-state index in [1.807, 2.05) is 12.1 Å². The zero-order valence-electron chi connectivity index (χ0n) is 13.7. The highest BCUT2D eigenvalue weighted by molar-refractivity contribution is 6.35. The number of imide groups is 1. The van der Waals surface area contributed by atoms with E-state index in [1.165, 1.54) is 0 Å². The lowest BCUT2D eigenvalue weighted by Gasteiger charge is -2.35. The van der Waals surface area contributed by atoms with E-state index in [0.717, 1.165) is 10.5 Å². The third kappa shape index (κ3) is 4.32. The van der Waals surface area contributed by atoms with Crippen molar-refractivity contribution in [3.63, 3.8) is 0 Å². The van der Waals surface area contributed by atoms with Crippen molar-refractivity contribution in [3.05, 3.63) is 33.8 Å². The van der Waals surface area contributed by atoms with Gasteiger partial charge in [-0.05, 0) is 17.7 Å². The minimum Gasteiger partial charge on any atom is -0.339 e. The second-order valence-electron chi connectivity index (χ2n) is 6.27. The second-order valence-corrected chi connectivity index (χ2v) is 7.11. The van der Waals surface area contributed by atoms with Gasteiger partial charge >= 0.3 is 0 Å². The lowest BCUT2D eigenvalue weighted by Crippen LogP contribution is -2.51. The molecule has 0 atom stereocenters. The van der Waals surface area contributed by atoms with Crippen LogP contribution in [0.4, 0.5) is 0 Å². The average Bonchev–Trinajstić information content (AvgIpc) is 2.90. The molecule has 1 aromatic rings. The highest BCUT2D eigenvalue weighted by Gasteiger charge is 2.32. The fourth-order valence-electron chi connectivity index (χ4n) is 3.08. The summed E-state index contributed by atoms with van der Waals surface area (Å²) in [5, 5.41) is 1.24. The average molecular weight is 384 g/mol. The maximum absolute atomic E-state index is 12.3. The number of amides is 3. The Morgan fingerprint density at radius 2 is 1.64 bits per heavy atom. The molecule has 0 spiro atoms. The molecule has 0 aromatic heterocycles. The Bertz CT molecular complexity index is 686. The normalized spacial score (nSPS) is 19.0. The van der Waals surface area contributed by atoms with E-state index in [9.17, 15) is 14.4 Å². The summed E-state index contributed by atoms with van der Waals surface area (Å²) in [6.07, 6.45) is 0.420. The molecular formula is C17H19Cl2N3O3. The van der Waals surface area contributed by atoms with Gasteiger partial charge in [0.05, 0.1) is 0 Å². The van der Waals surface area contributed by atoms with Crippen LogP contribution in [0.3, 0.4) is 0 Å². The van der Waals surface area contributed by atoms with Gasteiger partial charge in [0.25, 0.3) is 0 Å². The summed E-state index contributed by atoms with van der Waals surface area (Å²) >= 11 is 12.1. The third-order valence-electron chi connectivity index (χ3n) is 4.58. The summed E-state index contributed by atoms with van der Waals surface area (Å²) in [4.78, 5) is 40.6. The first-order valence-electron chi connectivity index (χ1n) is 8.21. The first-order chi connectivity index (χ1) is 11.9. The van der Waals surface area contributed by atoms with Crippen LogP contribution in [0.15, 0.2) is 18.2 Å². The van der Waals surface area contributed by atoms with E-state index in [2.05, 4.69) is 4.90 Å². The predicted octanol–water partition coefficient (Wildman–Crippen LogP) is 1.79. The molecule has 8 heteroatoms. The lowest BCUT2D eigenvalue weighted by atomic mass is 10.2. The van der Waals surface area contributed by atoms with Crippen LogP contribution in [-0.4, -0.2) is 65.1 Å². The van der Waals surface area contributed by atoms with E-state index in [4.69, 9.17) is 23.2 Å². The summed E-state index contributed by atoms with van der Waals surface area (Å²) in [7, 11) is 0. The molecule has 0 aliphatic carbocycles. The summed E-state index contributed by atoms with van der Waals surface area (Å²) in [5.74, 6) is -0.684. The lowest BCUT2D eigenvalue weighted by molar-refractivity contribution is -0.146. The molecule has 0 saturated carbocycles. The number of hydrogen-bond acceptors (Lipinski definition) is 4. The molecule has 134 valence electrons.